The molecule has 0 radical (unpaired) electrons. The van der Waals surface area contributed by atoms with Crippen LogP contribution in [0.2, 0.25) is 0 Å². The molecular formula is C21H25IN2O5. The molecule has 2 aliphatic rings. The predicted molar refractivity (Wildman–Crippen MR) is 117 cm³/mol. The van der Waals surface area contributed by atoms with Crippen LogP contribution in [0.4, 0.5) is 4.79 Å². The molecule has 1 saturated carbocycles. The highest BCUT2D eigenvalue weighted by molar-refractivity contribution is 14.1. The van der Waals surface area contributed by atoms with Crippen molar-refractivity contribution in [2.45, 2.75) is 52.0 Å². The number of nitrogens with one attached hydrogen (secondary N) is 1. The molecule has 3 rings (SSSR count). The third-order valence-electron chi connectivity index (χ3n) is 5.00. The van der Waals surface area contributed by atoms with Gasteiger partial charge in [0, 0.05) is 6.04 Å². The van der Waals surface area contributed by atoms with Crippen LogP contribution in [0.3, 0.4) is 0 Å². The lowest BCUT2D eigenvalue weighted by atomic mass is 9.93. The van der Waals surface area contributed by atoms with Crippen LogP contribution in [0, 0.1) is 3.57 Å². The number of imide groups is 2. The molecule has 8 heteroatoms. The van der Waals surface area contributed by atoms with Gasteiger partial charge in [0.2, 0.25) is 0 Å². The Bertz CT molecular complexity index is 846. The van der Waals surface area contributed by atoms with Crippen molar-refractivity contribution in [2.24, 2.45) is 0 Å². The van der Waals surface area contributed by atoms with Crippen LogP contribution < -0.4 is 14.8 Å². The molecule has 0 aromatic heterocycles. The maximum atomic E-state index is 13.0. The lowest BCUT2D eigenvalue weighted by Crippen LogP contribution is -2.58. The van der Waals surface area contributed by atoms with E-state index in [0.717, 1.165) is 35.7 Å². The van der Waals surface area contributed by atoms with Gasteiger partial charge in [0.1, 0.15) is 5.57 Å². The number of barbiturate groups is 1. The molecule has 0 spiro atoms. The summed E-state index contributed by atoms with van der Waals surface area (Å²) in [6.07, 6.45) is 6.12. The summed E-state index contributed by atoms with van der Waals surface area (Å²) in [5.41, 5.74) is 0.593. The molecule has 1 N–H and O–H groups in total. The maximum absolute atomic E-state index is 13.0. The quantitative estimate of drug-likeness (QED) is 0.355. The first-order chi connectivity index (χ1) is 14.0. The third-order valence-corrected chi connectivity index (χ3v) is 5.81. The zero-order valence-electron chi connectivity index (χ0n) is 16.6. The Morgan fingerprint density at radius 1 is 1.10 bits per heavy atom. The van der Waals surface area contributed by atoms with E-state index in [-0.39, 0.29) is 11.6 Å². The van der Waals surface area contributed by atoms with E-state index < -0.39 is 17.8 Å². The Kier molecular flexibility index (Phi) is 7.15. The van der Waals surface area contributed by atoms with Crippen molar-refractivity contribution < 1.29 is 23.9 Å². The molecule has 7 nitrogen and oxygen atoms in total. The van der Waals surface area contributed by atoms with Crippen molar-refractivity contribution in [3.05, 3.63) is 26.8 Å². The number of urea groups is 1. The van der Waals surface area contributed by atoms with Gasteiger partial charge in [-0.25, -0.2) is 4.79 Å². The number of nitrogens with zero attached hydrogens (tertiary/aromatic N) is 1. The van der Waals surface area contributed by atoms with Crippen LogP contribution in [0.5, 0.6) is 11.5 Å². The number of ether oxygens (including phenoxy) is 2. The van der Waals surface area contributed by atoms with Crippen LogP contribution in [0.1, 0.15) is 51.5 Å². The zero-order chi connectivity index (χ0) is 21.0. The summed E-state index contributed by atoms with van der Waals surface area (Å²) in [5.74, 6) is -0.0195. The molecule has 1 aromatic rings. The van der Waals surface area contributed by atoms with Crippen LogP contribution in [0.15, 0.2) is 17.7 Å². The minimum absolute atomic E-state index is 0.0439. The molecule has 0 atom stereocenters. The van der Waals surface area contributed by atoms with Crippen molar-refractivity contribution in [3.63, 3.8) is 0 Å². The van der Waals surface area contributed by atoms with Gasteiger partial charge in [-0.3, -0.25) is 19.8 Å². The van der Waals surface area contributed by atoms with Crippen molar-refractivity contribution in [3.8, 4) is 11.5 Å². The summed E-state index contributed by atoms with van der Waals surface area (Å²) >= 11 is 2.14. The first-order valence-corrected chi connectivity index (χ1v) is 11.0. The van der Waals surface area contributed by atoms with Gasteiger partial charge in [0.05, 0.1) is 16.8 Å². The highest BCUT2D eigenvalue weighted by Gasteiger charge is 2.40. The van der Waals surface area contributed by atoms with Gasteiger partial charge >= 0.3 is 6.03 Å². The Hall–Kier alpha value is -2.10. The topological polar surface area (TPSA) is 84.9 Å². The van der Waals surface area contributed by atoms with Crippen molar-refractivity contribution >= 4 is 46.5 Å². The van der Waals surface area contributed by atoms with E-state index >= 15 is 0 Å². The molecule has 1 aliphatic heterocycles. The smallest absolute Gasteiger partial charge is 0.331 e. The molecular weight excluding hydrogens is 487 g/mol. The first-order valence-electron chi connectivity index (χ1n) is 9.96. The SMILES string of the molecule is CCOc1cc(/C=C2/C(=O)NC(=O)N(C3CCCCC3)C2=O)cc(I)c1OCC. The Labute approximate surface area is 183 Å². The summed E-state index contributed by atoms with van der Waals surface area (Å²) in [5, 5.41) is 2.31. The zero-order valence-corrected chi connectivity index (χ0v) is 18.8. The molecule has 1 aliphatic carbocycles. The number of hydrogen-bond acceptors (Lipinski definition) is 5. The minimum Gasteiger partial charge on any atom is -0.490 e. The molecule has 1 saturated heterocycles. The maximum Gasteiger partial charge on any atom is 0.331 e. The summed E-state index contributed by atoms with van der Waals surface area (Å²) in [6.45, 7) is 4.72. The molecule has 4 amide bonds. The molecule has 156 valence electrons. The van der Waals surface area contributed by atoms with Crippen LogP contribution in [0.25, 0.3) is 6.08 Å². The van der Waals surface area contributed by atoms with E-state index in [1.165, 1.54) is 11.0 Å². The fourth-order valence-corrected chi connectivity index (χ4v) is 4.51. The fraction of sp³-hybridized carbons (Fsp3) is 0.476. The average molecular weight is 512 g/mol. The summed E-state index contributed by atoms with van der Waals surface area (Å²) < 4.78 is 12.2. The fourth-order valence-electron chi connectivity index (χ4n) is 3.73. The van der Waals surface area contributed by atoms with Crippen molar-refractivity contribution in [1.82, 2.24) is 10.2 Å². The monoisotopic (exact) mass is 512 g/mol. The van der Waals surface area contributed by atoms with E-state index in [1.807, 2.05) is 19.9 Å². The normalized spacial score (nSPS) is 19.5. The van der Waals surface area contributed by atoms with E-state index in [2.05, 4.69) is 27.9 Å². The Morgan fingerprint density at radius 3 is 2.45 bits per heavy atom. The molecule has 1 aromatic carbocycles. The Balaban J connectivity index is 1.96. The summed E-state index contributed by atoms with van der Waals surface area (Å²) in [4.78, 5) is 39.0. The second kappa shape index (κ2) is 9.60. The van der Waals surface area contributed by atoms with Crippen LogP contribution in [-0.2, 0) is 9.59 Å². The van der Waals surface area contributed by atoms with E-state index in [1.54, 1.807) is 6.07 Å². The van der Waals surface area contributed by atoms with E-state index in [9.17, 15) is 14.4 Å². The highest BCUT2D eigenvalue weighted by atomic mass is 127. The summed E-state index contributed by atoms with van der Waals surface area (Å²) in [7, 11) is 0. The molecule has 2 fully saturated rings. The number of hydrogen-bond donors (Lipinski definition) is 1. The number of rotatable bonds is 6. The van der Waals surface area contributed by atoms with Crippen LogP contribution >= 0.6 is 22.6 Å². The van der Waals surface area contributed by atoms with Gasteiger partial charge in [-0.15, -0.1) is 0 Å². The van der Waals surface area contributed by atoms with E-state index in [0.29, 0.717) is 30.3 Å². The lowest BCUT2D eigenvalue weighted by molar-refractivity contribution is -0.132. The number of amides is 4. The first kappa shape index (κ1) is 21.6. The van der Waals surface area contributed by atoms with Crippen molar-refractivity contribution in [2.75, 3.05) is 13.2 Å². The molecule has 0 unspecified atom stereocenters. The van der Waals surface area contributed by atoms with Gasteiger partial charge < -0.3 is 9.47 Å². The van der Waals surface area contributed by atoms with Crippen LogP contribution in [-0.4, -0.2) is 42.0 Å². The van der Waals surface area contributed by atoms with Gasteiger partial charge in [-0.05, 0) is 73.1 Å². The van der Waals surface area contributed by atoms with Gasteiger partial charge in [-0.2, -0.15) is 0 Å². The second-order valence-corrected chi connectivity index (χ2v) is 8.14. The van der Waals surface area contributed by atoms with Gasteiger partial charge in [0.15, 0.2) is 11.5 Å². The number of carbonyl (C=O) groups is 3. The predicted octanol–water partition coefficient (Wildman–Crippen LogP) is 3.88. The molecule has 29 heavy (non-hydrogen) atoms. The number of halogens is 1. The highest BCUT2D eigenvalue weighted by Crippen LogP contribution is 2.35. The standard InChI is InChI=1S/C21H25IN2O5/c1-3-28-17-12-13(11-16(22)18(17)29-4-2)10-15-19(25)23-21(27)24(20(15)26)14-8-6-5-7-9-14/h10-12,14H,3-9H2,1-2H3,(H,23,25,27)/b15-10-. The van der Waals surface area contributed by atoms with Gasteiger partial charge in [0.25, 0.3) is 11.8 Å². The minimum atomic E-state index is -0.672. The molecule has 0 bridgehead atoms. The third kappa shape index (κ3) is 4.73. The lowest BCUT2D eigenvalue weighted by Gasteiger charge is -2.35. The van der Waals surface area contributed by atoms with Crippen molar-refractivity contribution in [1.29, 1.82) is 0 Å². The summed E-state index contributed by atoms with van der Waals surface area (Å²) in [6, 6.07) is 2.78. The number of benzene rings is 1. The van der Waals surface area contributed by atoms with Gasteiger partial charge in [-0.1, -0.05) is 19.3 Å². The second-order valence-electron chi connectivity index (χ2n) is 6.98. The molecule has 1 heterocycles. The van der Waals surface area contributed by atoms with E-state index in [4.69, 9.17) is 9.47 Å². The number of carbonyl (C=O) groups excluding carboxylic acids is 3. The largest absolute Gasteiger partial charge is 0.490 e. The Morgan fingerprint density at radius 2 is 1.79 bits per heavy atom. The average Bonchev–Trinajstić information content (AvgIpc) is 2.69.